The lowest BCUT2D eigenvalue weighted by Gasteiger charge is -2.33. The number of halogens is 1. The molecule has 2 rings (SSSR count). The predicted octanol–water partition coefficient (Wildman–Crippen LogP) is 2.66. The van der Waals surface area contributed by atoms with Crippen molar-refractivity contribution in [3.05, 3.63) is 34.9 Å². The zero-order valence-electron chi connectivity index (χ0n) is 11.1. The molecule has 1 amide bonds. The largest absolute Gasteiger partial charge is 0.354 e. The summed E-state index contributed by atoms with van der Waals surface area (Å²) >= 11 is 5.90. The van der Waals surface area contributed by atoms with Crippen molar-refractivity contribution in [1.82, 2.24) is 5.32 Å². The van der Waals surface area contributed by atoms with Gasteiger partial charge in [0.1, 0.15) is 0 Å². The van der Waals surface area contributed by atoms with Gasteiger partial charge in [0.2, 0.25) is 5.91 Å². The van der Waals surface area contributed by atoms with Crippen LogP contribution in [-0.2, 0) is 11.2 Å². The molecule has 0 unspecified atom stereocenters. The maximum Gasteiger partial charge on any atom is 0.224 e. The predicted molar refractivity (Wildman–Crippen MR) is 78.2 cm³/mol. The second kappa shape index (κ2) is 6.40. The highest BCUT2D eigenvalue weighted by molar-refractivity contribution is 6.30. The van der Waals surface area contributed by atoms with Gasteiger partial charge in [-0.2, -0.15) is 0 Å². The van der Waals surface area contributed by atoms with Gasteiger partial charge in [0.15, 0.2) is 0 Å². The van der Waals surface area contributed by atoms with E-state index in [1.54, 1.807) is 6.07 Å². The number of benzene rings is 1. The summed E-state index contributed by atoms with van der Waals surface area (Å²) in [6.07, 6.45) is 5.96. The van der Waals surface area contributed by atoms with Crippen molar-refractivity contribution in [2.75, 3.05) is 6.54 Å². The van der Waals surface area contributed by atoms with Crippen LogP contribution in [0.15, 0.2) is 24.3 Å². The molecule has 1 aliphatic carbocycles. The summed E-state index contributed by atoms with van der Waals surface area (Å²) in [5.41, 5.74) is 7.01. The Bertz CT molecular complexity index is 442. The average molecular weight is 281 g/mol. The minimum atomic E-state index is -0.206. The molecule has 0 radical (unpaired) electrons. The van der Waals surface area contributed by atoms with E-state index in [1.807, 2.05) is 18.2 Å². The average Bonchev–Trinajstić information content (AvgIpc) is 2.38. The maximum atomic E-state index is 11.9. The van der Waals surface area contributed by atoms with Crippen LogP contribution in [0, 0.1) is 0 Å². The number of hydrogen-bond donors (Lipinski definition) is 2. The van der Waals surface area contributed by atoms with Gasteiger partial charge < -0.3 is 11.1 Å². The van der Waals surface area contributed by atoms with Crippen LogP contribution in [0.3, 0.4) is 0 Å². The second-order valence-electron chi connectivity index (χ2n) is 5.51. The van der Waals surface area contributed by atoms with Crippen molar-refractivity contribution in [2.24, 2.45) is 5.73 Å². The van der Waals surface area contributed by atoms with Gasteiger partial charge in [-0.25, -0.2) is 0 Å². The third-order valence-electron chi connectivity index (χ3n) is 3.74. The van der Waals surface area contributed by atoms with Crippen molar-refractivity contribution >= 4 is 17.5 Å². The fourth-order valence-electron chi connectivity index (χ4n) is 2.60. The zero-order chi connectivity index (χ0) is 13.7. The first kappa shape index (κ1) is 14.4. The molecule has 0 heterocycles. The quantitative estimate of drug-likeness (QED) is 0.891. The Morgan fingerprint density at radius 3 is 2.74 bits per heavy atom. The first-order chi connectivity index (χ1) is 9.07. The van der Waals surface area contributed by atoms with Crippen molar-refractivity contribution in [3.63, 3.8) is 0 Å². The fraction of sp³-hybridized carbons (Fsp3) is 0.533. The number of carbonyl (C=O) groups is 1. The minimum absolute atomic E-state index is 0.0117. The monoisotopic (exact) mass is 280 g/mol. The molecule has 104 valence electrons. The smallest absolute Gasteiger partial charge is 0.224 e. The lowest BCUT2D eigenvalue weighted by molar-refractivity contribution is -0.120. The topological polar surface area (TPSA) is 55.1 Å². The van der Waals surface area contributed by atoms with Gasteiger partial charge in [-0.05, 0) is 30.5 Å². The summed E-state index contributed by atoms with van der Waals surface area (Å²) < 4.78 is 0. The molecule has 0 bridgehead atoms. The van der Waals surface area contributed by atoms with Gasteiger partial charge in [-0.1, -0.05) is 43.0 Å². The number of nitrogens with one attached hydrogen (secondary N) is 1. The Morgan fingerprint density at radius 2 is 2.05 bits per heavy atom. The summed E-state index contributed by atoms with van der Waals surface area (Å²) in [5.74, 6) is 0.0117. The molecular formula is C15H21ClN2O. The molecule has 1 aromatic rings. The molecule has 0 aromatic heterocycles. The molecule has 0 aliphatic heterocycles. The van der Waals surface area contributed by atoms with Crippen LogP contribution in [-0.4, -0.2) is 18.0 Å². The third-order valence-corrected chi connectivity index (χ3v) is 3.98. The van der Waals surface area contributed by atoms with E-state index in [9.17, 15) is 4.79 Å². The number of hydrogen-bond acceptors (Lipinski definition) is 2. The van der Waals surface area contributed by atoms with Crippen LogP contribution < -0.4 is 11.1 Å². The Labute approximate surface area is 119 Å². The van der Waals surface area contributed by atoms with Crippen molar-refractivity contribution in [2.45, 2.75) is 44.1 Å². The first-order valence-electron chi connectivity index (χ1n) is 6.87. The number of rotatable bonds is 4. The van der Waals surface area contributed by atoms with E-state index in [4.69, 9.17) is 17.3 Å². The minimum Gasteiger partial charge on any atom is -0.354 e. The van der Waals surface area contributed by atoms with Gasteiger partial charge >= 0.3 is 0 Å². The van der Waals surface area contributed by atoms with Crippen LogP contribution in [0.4, 0.5) is 0 Å². The Morgan fingerprint density at radius 1 is 1.32 bits per heavy atom. The lowest BCUT2D eigenvalue weighted by atomic mass is 9.82. The highest BCUT2D eigenvalue weighted by Gasteiger charge is 2.27. The van der Waals surface area contributed by atoms with E-state index in [-0.39, 0.29) is 11.4 Å². The normalized spacial score (nSPS) is 18.0. The summed E-state index contributed by atoms with van der Waals surface area (Å²) in [7, 11) is 0. The van der Waals surface area contributed by atoms with Gasteiger partial charge in [0, 0.05) is 17.1 Å². The van der Waals surface area contributed by atoms with E-state index < -0.39 is 0 Å². The van der Waals surface area contributed by atoms with E-state index >= 15 is 0 Å². The van der Waals surface area contributed by atoms with Gasteiger partial charge in [-0.3, -0.25) is 4.79 Å². The maximum absolute atomic E-state index is 11.9. The standard InChI is InChI=1S/C15H21ClN2O/c16-13-6-4-5-12(9-13)10-14(19)18-11-15(17)7-2-1-3-8-15/h4-6,9H,1-3,7-8,10-11,17H2,(H,18,19). The molecule has 0 saturated heterocycles. The summed E-state index contributed by atoms with van der Waals surface area (Å²) in [6, 6.07) is 7.39. The highest BCUT2D eigenvalue weighted by atomic mass is 35.5. The second-order valence-corrected chi connectivity index (χ2v) is 5.94. The molecule has 0 atom stereocenters. The van der Waals surface area contributed by atoms with E-state index in [2.05, 4.69) is 5.32 Å². The van der Waals surface area contributed by atoms with Crippen molar-refractivity contribution in [1.29, 1.82) is 0 Å². The molecule has 1 fully saturated rings. The first-order valence-corrected chi connectivity index (χ1v) is 7.25. The molecule has 19 heavy (non-hydrogen) atoms. The number of amides is 1. The molecule has 3 nitrogen and oxygen atoms in total. The fourth-order valence-corrected chi connectivity index (χ4v) is 2.82. The van der Waals surface area contributed by atoms with Crippen LogP contribution >= 0.6 is 11.6 Å². The molecule has 1 aliphatic rings. The lowest BCUT2D eigenvalue weighted by Crippen LogP contribution is -2.51. The molecule has 1 saturated carbocycles. The van der Waals surface area contributed by atoms with Crippen LogP contribution in [0.2, 0.25) is 5.02 Å². The van der Waals surface area contributed by atoms with E-state index in [0.717, 1.165) is 18.4 Å². The summed E-state index contributed by atoms with van der Waals surface area (Å²) in [4.78, 5) is 11.9. The summed E-state index contributed by atoms with van der Waals surface area (Å²) in [5, 5.41) is 3.61. The van der Waals surface area contributed by atoms with Gasteiger partial charge in [0.05, 0.1) is 6.42 Å². The molecule has 3 N–H and O–H groups in total. The van der Waals surface area contributed by atoms with Crippen LogP contribution in [0.1, 0.15) is 37.7 Å². The third kappa shape index (κ3) is 4.51. The molecule has 4 heteroatoms. The zero-order valence-corrected chi connectivity index (χ0v) is 11.9. The SMILES string of the molecule is NC1(CNC(=O)Cc2cccc(Cl)c2)CCCCC1. The van der Waals surface area contributed by atoms with Gasteiger partial charge in [0.25, 0.3) is 0 Å². The van der Waals surface area contributed by atoms with E-state index in [0.29, 0.717) is 18.0 Å². The van der Waals surface area contributed by atoms with Crippen molar-refractivity contribution < 1.29 is 4.79 Å². The van der Waals surface area contributed by atoms with Crippen LogP contribution in [0.5, 0.6) is 0 Å². The Balaban J connectivity index is 1.81. The molecular weight excluding hydrogens is 260 g/mol. The number of carbonyl (C=O) groups excluding carboxylic acids is 1. The Hall–Kier alpha value is -1.06. The van der Waals surface area contributed by atoms with Crippen LogP contribution in [0.25, 0.3) is 0 Å². The Kier molecular flexibility index (Phi) is 4.83. The molecule has 1 aromatic carbocycles. The molecule has 0 spiro atoms. The number of nitrogens with two attached hydrogens (primary N) is 1. The van der Waals surface area contributed by atoms with Gasteiger partial charge in [-0.15, -0.1) is 0 Å². The van der Waals surface area contributed by atoms with E-state index in [1.165, 1.54) is 19.3 Å². The van der Waals surface area contributed by atoms with Crippen molar-refractivity contribution in [3.8, 4) is 0 Å². The highest BCUT2D eigenvalue weighted by Crippen LogP contribution is 2.25. The summed E-state index contributed by atoms with van der Waals surface area (Å²) in [6.45, 7) is 0.576.